The molecule has 6 heteroatoms. The molecule has 3 heterocycles. The first-order chi connectivity index (χ1) is 9.78. The summed E-state index contributed by atoms with van der Waals surface area (Å²) in [5, 5.41) is 0. The topological polar surface area (TPSA) is 74.7 Å². The van der Waals surface area contributed by atoms with E-state index in [4.69, 9.17) is 10.3 Å². The molecule has 2 aliphatic rings. The van der Waals surface area contributed by atoms with Gasteiger partial charge < -0.3 is 4.42 Å². The van der Waals surface area contributed by atoms with E-state index in [0.717, 1.165) is 25.2 Å². The van der Waals surface area contributed by atoms with Crippen LogP contribution in [0.4, 0.5) is 0 Å². The molecule has 0 aromatic carbocycles. The number of rotatable bonds is 3. The summed E-state index contributed by atoms with van der Waals surface area (Å²) in [5.41, 5.74) is 3.05. The number of carbonyl (C=O) groups excluding carboxylic acids is 1. The van der Waals surface area contributed by atoms with Crippen molar-refractivity contribution in [1.82, 2.24) is 15.2 Å². The second-order valence-electron chi connectivity index (χ2n) is 5.67. The Morgan fingerprint density at radius 3 is 3.10 bits per heavy atom. The van der Waals surface area contributed by atoms with Gasteiger partial charge in [0.2, 0.25) is 0 Å². The fourth-order valence-electron chi connectivity index (χ4n) is 3.39. The van der Waals surface area contributed by atoms with Gasteiger partial charge >= 0.3 is 5.91 Å². The molecule has 1 atom stereocenters. The Bertz CT molecular complexity index is 473. The summed E-state index contributed by atoms with van der Waals surface area (Å²) in [4.78, 5) is 16.7. The molecule has 0 aliphatic carbocycles. The van der Waals surface area contributed by atoms with Gasteiger partial charge in [-0.3, -0.25) is 20.0 Å². The summed E-state index contributed by atoms with van der Waals surface area (Å²) in [6.07, 6.45) is 5.34. The summed E-state index contributed by atoms with van der Waals surface area (Å²) in [6, 6.07) is 2.54. The molecule has 3 rings (SSSR count). The van der Waals surface area contributed by atoms with Crippen molar-refractivity contribution in [1.29, 1.82) is 0 Å². The van der Waals surface area contributed by atoms with Crippen LogP contribution in [0, 0.1) is 0 Å². The summed E-state index contributed by atoms with van der Waals surface area (Å²) in [5.74, 6) is 5.15. The minimum absolute atomic E-state index is 0.333. The van der Waals surface area contributed by atoms with E-state index < -0.39 is 0 Å². The lowest BCUT2D eigenvalue weighted by Gasteiger charge is -2.25. The van der Waals surface area contributed by atoms with Crippen LogP contribution < -0.4 is 11.3 Å². The Labute approximate surface area is 118 Å². The van der Waals surface area contributed by atoms with Crippen LogP contribution in [0.3, 0.4) is 0 Å². The molecule has 2 fully saturated rings. The number of hydrazine groups is 1. The largest absolute Gasteiger partial charge is 0.459 e. The molecule has 0 bridgehead atoms. The predicted molar refractivity (Wildman–Crippen MR) is 74.9 cm³/mol. The van der Waals surface area contributed by atoms with Gasteiger partial charge in [0, 0.05) is 24.7 Å². The van der Waals surface area contributed by atoms with Crippen molar-refractivity contribution < 1.29 is 9.21 Å². The Morgan fingerprint density at radius 1 is 1.40 bits per heavy atom. The Hall–Kier alpha value is -1.37. The van der Waals surface area contributed by atoms with E-state index in [0.29, 0.717) is 11.8 Å². The van der Waals surface area contributed by atoms with Gasteiger partial charge in [-0.15, -0.1) is 0 Å². The Morgan fingerprint density at radius 2 is 2.25 bits per heavy atom. The first-order valence-corrected chi connectivity index (χ1v) is 7.31. The number of fused-ring (bicyclic) bond motifs is 1. The molecule has 6 nitrogen and oxygen atoms in total. The third kappa shape index (κ3) is 2.72. The van der Waals surface area contributed by atoms with Crippen molar-refractivity contribution in [2.45, 2.75) is 31.8 Å². The number of amides is 1. The zero-order valence-corrected chi connectivity index (χ0v) is 11.7. The van der Waals surface area contributed by atoms with Gasteiger partial charge in [-0.1, -0.05) is 0 Å². The average molecular weight is 278 g/mol. The molecular weight excluding hydrogens is 256 g/mol. The van der Waals surface area contributed by atoms with Crippen LogP contribution in [-0.4, -0.2) is 47.9 Å². The van der Waals surface area contributed by atoms with Gasteiger partial charge in [0.05, 0.1) is 6.26 Å². The third-order valence-electron chi connectivity index (χ3n) is 4.37. The molecule has 110 valence electrons. The van der Waals surface area contributed by atoms with Crippen LogP contribution in [0.5, 0.6) is 0 Å². The number of hydrogen-bond acceptors (Lipinski definition) is 5. The molecule has 0 saturated carbocycles. The van der Waals surface area contributed by atoms with E-state index in [1.165, 1.54) is 32.4 Å². The Balaban J connectivity index is 1.68. The highest BCUT2D eigenvalue weighted by molar-refractivity contribution is 5.92. The lowest BCUT2D eigenvalue weighted by atomic mass is 10.2. The lowest BCUT2D eigenvalue weighted by molar-refractivity contribution is 0.0923. The van der Waals surface area contributed by atoms with Crippen molar-refractivity contribution in [2.75, 3.05) is 26.2 Å². The number of hydrogen-bond donors (Lipinski definition) is 2. The lowest BCUT2D eigenvalue weighted by Crippen LogP contribution is -2.36. The number of nitrogen functional groups attached to an aromatic ring is 1. The van der Waals surface area contributed by atoms with Crippen LogP contribution >= 0.6 is 0 Å². The van der Waals surface area contributed by atoms with Gasteiger partial charge in [-0.25, -0.2) is 5.84 Å². The van der Waals surface area contributed by atoms with Crippen molar-refractivity contribution in [2.24, 2.45) is 5.84 Å². The standard InChI is InChI=1S/C14H22N4O2/c15-16-14(19)13-11(4-8-20-13)9-17-5-2-7-18-6-1-3-12(18)10-17/h4,8,12H,1-3,5-7,9-10,15H2,(H,16,19). The molecule has 1 amide bonds. The van der Waals surface area contributed by atoms with Crippen LogP contribution in [0.15, 0.2) is 16.7 Å². The smallest absolute Gasteiger partial charge is 0.301 e. The maximum absolute atomic E-state index is 11.6. The summed E-state index contributed by atoms with van der Waals surface area (Å²) < 4.78 is 5.25. The number of furan rings is 1. The van der Waals surface area contributed by atoms with Gasteiger partial charge in [0.25, 0.3) is 0 Å². The number of nitrogens with one attached hydrogen (secondary N) is 1. The highest BCUT2D eigenvalue weighted by atomic mass is 16.3. The normalized spacial score (nSPS) is 24.4. The third-order valence-corrected chi connectivity index (χ3v) is 4.37. The second-order valence-corrected chi connectivity index (χ2v) is 5.67. The van der Waals surface area contributed by atoms with E-state index in [1.54, 1.807) is 6.26 Å². The van der Waals surface area contributed by atoms with Gasteiger partial charge in [-0.05, 0) is 45.0 Å². The summed E-state index contributed by atoms with van der Waals surface area (Å²) in [7, 11) is 0. The molecule has 20 heavy (non-hydrogen) atoms. The number of carbonyl (C=O) groups is 1. The molecule has 3 N–H and O–H groups in total. The fourth-order valence-corrected chi connectivity index (χ4v) is 3.39. The minimum Gasteiger partial charge on any atom is -0.459 e. The van der Waals surface area contributed by atoms with Crippen LogP contribution in [0.1, 0.15) is 35.4 Å². The van der Waals surface area contributed by atoms with Crippen molar-refractivity contribution in [3.8, 4) is 0 Å². The summed E-state index contributed by atoms with van der Waals surface area (Å²) in [6.45, 7) is 5.34. The van der Waals surface area contributed by atoms with Gasteiger partial charge in [-0.2, -0.15) is 0 Å². The Kier molecular flexibility index (Phi) is 4.05. The maximum atomic E-state index is 11.6. The van der Waals surface area contributed by atoms with Crippen LogP contribution in [-0.2, 0) is 6.54 Å². The van der Waals surface area contributed by atoms with E-state index in [1.807, 2.05) is 6.07 Å². The second kappa shape index (κ2) is 5.95. The van der Waals surface area contributed by atoms with Gasteiger partial charge in [0.15, 0.2) is 5.76 Å². The van der Waals surface area contributed by atoms with E-state index >= 15 is 0 Å². The minimum atomic E-state index is -0.359. The predicted octanol–water partition coefficient (Wildman–Crippen LogP) is 0.553. The molecule has 1 aromatic heterocycles. The number of nitrogens with zero attached hydrogens (tertiary/aromatic N) is 2. The van der Waals surface area contributed by atoms with Crippen molar-refractivity contribution >= 4 is 5.91 Å². The maximum Gasteiger partial charge on any atom is 0.301 e. The summed E-state index contributed by atoms with van der Waals surface area (Å²) >= 11 is 0. The molecule has 2 aliphatic heterocycles. The van der Waals surface area contributed by atoms with Crippen molar-refractivity contribution in [3.63, 3.8) is 0 Å². The van der Waals surface area contributed by atoms with Crippen LogP contribution in [0.25, 0.3) is 0 Å². The quantitative estimate of drug-likeness (QED) is 0.480. The molecule has 0 spiro atoms. The molecule has 1 aromatic rings. The highest BCUT2D eigenvalue weighted by Gasteiger charge is 2.29. The van der Waals surface area contributed by atoms with E-state index in [-0.39, 0.29) is 5.91 Å². The first kappa shape index (κ1) is 13.6. The zero-order valence-electron chi connectivity index (χ0n) is 11.7. The zero-order chi connectivity index (χ0) is 13.9. The first-order valence-electron chi connectivity index (χ1n) is 7.31. The molecular formula is C14H22N4O2. The van der Waals surface area contributed by atoms with Gasteiger partial charge in [0.1, 0.15) is 0 Å². The molecule has 2 saturated heterocycles. The average Bonchev–Trinajstić information content (AvgIpc) is 3.04. The molecule has 0 radical (unpaired) electrons. The van der Waals surface area contributed by atoms with E-state index in [2.05, 4.69) is 15.2 Å². The number of nitrogens with two attached hydrogens (primary N) is 1. The fraction of sp³-hybridized carbons (Fsp3) is 0.643. The van der Waals surface area contributed by atoms with E-state index in [9.17, 15) is 4.79 Å². The van der Waals surface area contributed by atoms with Crippen LogP contribution in [0.2, 0.25) is 0 Å². The van der Waals surface area contributed by atoms with Crippen molar-refractivity contribution in [3.05, 3.63) is 23.7 Å². The monoisotopic (exact) mass is 278 g/mol. The SMILES string of the molecule is NNC(=O)c1occc1CN1CCCN2CCCC2C1. The molecule has 1 unspecified atom stereocenters. The highest BCUT2D eigenvalue weighted by Crippen LogP contribution is 2.23.